The number of piperidine rings is 1. The van der Waals surface area contributed by atoms with Crippen molar-refractivity contribution in [3.63, 3.8) is 0 Å². The van der Waals surface area contributed by atoms with Gasteiger partial charge in [-0.2, -0.15) is 0 Å². The van der Waals surface area contributed by atoms with Crippen LogP contribution in [0.2, 0.25) is 5.02 Å². The minimum Gasteiger partial charge on any atom is -0.507 e. The Balaban J connectivity index is 1.52. The summed E-state index contributed by atoms with van der Waals surface area (Å²) in [6.07, 6.45) is 4.04. The van der Waals surface area contributed by atoms with Crippen LogP contribution in [0.15, 0.2) is 42.6 Å². The molecule has 0 aliphatic carbocycles. The zero-order chi connectivity index (χ0) is 18.1. The van der Waals surface area contributed by atoms with Crippen LogP contribution < -0.4 is 0 Å². The standard InChI is InChI=1S/C20H22ClN3O2/c21-15-5-7-19(25)18(9-15)20(26)24-11-14-4-6-17(13-24)23(10-14)12-16-3-1-2-8-22-16/h1-3,5,7-9,14,17,25H,4,6,10-13H2/t14-,17-/m1/s1. The first-order valence-electron chi connectivity index (χ1n) is 9.02. The predicted molar refractivity (Wildman–Crippen MR) is 100 cm³/mol. The molecule has 3 aliphatic rings. The number of pyridine rings is 1. The molecule has 136 valence electrons. The van der Waals surface area contributed by atoms with Crippen molar-refractivity contribution in [1.29, 1.82) is 0 Å². The summed E-state index contributed by atoms with van der Waals surface area (Å²) in [5.41, 5.74) is 1.35. The Morgan fingerprint density at radius 3 is 2.88 bits per heavy atom. The molecule has 3 fully saturated rings. The van der Waals surface area contributed by atoms with Crippen molar-refractivity contribution in [2.24, 2.45) is 5.92 Å². The molecular formula is C20H22ClN3O2. The van der Waals surface area contributed by atoms with Crippen LogP contribution >= 0.6 is 11.6 Å². The SMILES string of the molecule is O=C(c1cc(Cl)ccc1O)N1C[C@@H]2CC[C@H](C1)N(Cc1ccccn1)C2. The fourth-order valence-corrected chi connectivity index (χ4v) is 4.26. The molecule has 0 unspecified atom stereocenters. The molecule has 2 bridgehead atoms. The average molecular weight is 372 g/mol. The number of hydrogen-bond acceptors (Lipinski definition) is 4. The number of carbonyl (C=O) groups excluding carboxylic acids is 1. The maximum atomic E-state index is 13.0. The summed E-state index contributed by atoms with van der Waals surface area (Å²) in [5, 5.41) is 10.5. The number of amides is 1. The molecule has 0 saturated carbocycles. The lowest BCUT2D eigenvalue weighted by molar-refractivity contribution is 0.0732. The molecule has 0 radical (unpaired) electrons. The molecule has 3 saturated heterocycles. The summed E-state index contributed by atoms with van der Waals surface area (Å²) >= 11 is 6.02. The van der Waals surface area contributed by atoms with Crippen LogP contribution in [0.1, 0.15) is 28.9 Å². The average Bonchev–Trinajstić information content (AvgIpc) is 2.96. The van der Waals surface area contributed by atoms with Crippen LogP contribution in [0.3, 0.4) is 0 Å². The molecule has 5 nitrogen and oxygen atoms in total. The fourth-order valence-electron chi connectivity index (χ4n) is 4.09. The Morgan fingerprint density at radius 2 is 2.08 bits per heavy atom. The number of nitrogens with zero attached hydrogens (tertiary/aromatic N) is 3. The number of phenolic OH excluding ortho intramolecular Hbond substituents is 1. The van der Waals surface area contributed by atoms with Gasteiger partial charge < -0.3 is 10.0 Å². The molecule has 1 aromatic heterocycles. The van der Waals surface area contributed by atoms with E-state index in [4.69, 9.17) is 11.6 Å². The summed E-state index contributed by atoms with van der Waals surface area (Å²) in [6, 6.07) is 10.9. The second-order valence-corrected chi connectivity index (χ2v) is 7.66. The van der Waals surface area contributed by atoms with Crippen molar-refractivity contribution in [2.75, 3.05) is 19.6 Å². The third-order valence-electron chi connectivity index (χ3n) is 5.39. The van der Waals surface area contributed by atoms with Gasteiger partial charge in [0, 0.05) is 43.4 Å². The lowest BCUT2D eigenvalue weighted by Gasteiger charge is -2.35. The van der Waals surface area contributed by atoms with Crippen molar-refractivity contribution < 1.29 is 9.90 Å². The highest BCUT2D eigenvalue weighted by atomic mass is 35.5. The molecule has 1 aromatic carbocycles. The Morgan fingerprint density at radius 1 is 1.19 bits per heavy atom. The summed E-state index contributed by atoms with van der Waals surface area (Å²) in [6.45, 7) is 3.19. The van der Waals surface area contributed by atoms with Gasteiger partial charge in [0.25, 0.3) is 5.91 Å². The van der Waals surface area contributed by atoms with E-state index in [1.807, 2.05) is 29.3 Å². The first-order valence-corrected chi connectivity index (χ1v) is 9.39. The second kappa shape index (κ2) is 7.25. The maximum absolute atomic E-state index is 13.0. The van der Waals surface area contributed by atoms with E-state index in [1.165, 1.54) is 6.07 Å². The van der Waals surface area contributed by atoms with Gasteiger partial charge in [0.1, 0.15) is 5.75 Å². The first kappa shape index (κ1) is 17.3. The van der Waals surface area contributed by atoms with Gasteiger partial charge in [-0.1, -0.05) is 17.7 Å². The van der Waals surface area contributed by atoms with Crippen molar-refractivity contribution in [2.45, 2.75) is 25.4 Å². The van der Waals surface area contributed by atoms with E-state index in [9.17, 15) is 9.90 Å². The van der Waals surface area contributed by atoms with Gasteiger partial charge in [0.05, 0.1) is 11.3 Å². The van der Waals surface area contributed by atoms with Gasteiger partial charge >= 0.3 is 0 Å². The van der Waals surface area contributed by atoms with Crippen LogP contribution in [0.5, 0.6) is 5.75 Å². The zero-order valence-corrected chi connectivity index (χ0v) is 15.3. The van der Waals surface area contributed by atoms with E-state index in [0.29, 0.717) is 23.5 Å². The quantitative estimate of drug-likeness (QED) is 0.900. The molecule has 1 N–H and O–H groups in total. The van der Waals surface area contributed by atoms with Crippen molar-refractivity contribution in [3.8, 4) is 5.75 Å². The van der Waals surface area contributed by atoms with Gasteiger partial charge in [0.2, 0.25) is 0 Å². The highest BCUT2D eigenvalue weighted by Gasteiger charge is 2.37. The topological polar surface area (TPSA) is 56.7 Å². The smallest absolute Gasteiger partial charge is 0.257 e. The molecule has 1 amide bonds. The number of phenols is 1. The molecule has 6 heteroatoms. The summed E-state index contributed by atoms with van der Waals surface area (Å²) < 4.78 is 0. The van der Waals surface area contributed by atoms with Crippen LogP contribution in [-0.4, -0.2) is 51.5 Å². The fraction of sp³-hybridized carbons (Fsp3) is 0.400. The first-order chi connectivity index (χ1) is 12.6. The third kappa shape index (κ3) is 3.55. The number of halogens is 1. The number of carbonyl (C=O) groups is 1. The maximum Gasteiger partial charge on any atom is 0.257 e. The number of hydrogen-bond donors (Lipinski definition) is 1. The minimum absolute atomic E-state index is 0.0127. The van der Waals surface area contributed by atoms with E-state index >= 15 is 0 Å². The predicted octanol–water partition coefficient (Wildman–Crippen LogP) is 3.18. The molecule has 5 rings (SSSR count). The van der Waals surface area contributed by atoms with Crippen LogP contribution in [-0.2, 0) is 6.54 Å². The molecular weight excluding hydrogens is 350 g/mol. The summed E-state index contributed by atoms with van der Waals surface area (Å²) in [5.74, 6) is 0.297. The highest BCUT2D eigenvalue weighted by molar-refractivity contribution is 6.31. The van der Waals surface area contributed by atoms with Gasteiger partial charge in [0.15, 0.2) is 0 Å². The molecule has 3 aliphatic heterocycles. The van der Waals surface area contributed by atoms with Crippen LogP contribution in [0.4, 0.5) is 0 Å². The Hall–Kier alpha value is -2.11. The van der Waals surface area contributed by atoms with E-state index in [0.717, 1.165) is 38.2 Å². The summed E-state index contributed by atoms with van der Waals surface area (Å²) in [7, 11) is 0. The van der Waals surface area contributed by atoms with E-state index < -0.39 is 0 Å². The van der Waals surface area contributed by atoms with Crippen LogP contribution in [0.25, 0.3) is 0 Å². The molecule has 2 atom stereocenters. The number of aromatic nitrogens is 1. The number of rotatable bonds is 3. The van der Waals surface area contributed by atoms with Crippen molar-refractivity contribution in [1.82, 2.24) is 14.8 Å². The largest absolute Gasteiger partial charge is 0.507 e. The second-order valence-electron chi connectivity index (χ2n) is 7.22. The molecule has 2 aromatic rings. The number of aromatic hydroxyl groups is 1. The third-order valence-corrected chi connectivity index (χ3v) is 5.63. The van der Waals surface area contributed by atoms with E-state index in [2.05, 4.69) is 9.88 Å². The molecule has 4 heterocycles. The van der Waals surface area contributed by atoms with E-state index in [1.54, 1.807) is 12.1 Å². The molecule has 26 heavy (non-hydrogen) atoms. The van der Waals surface area contributed by atoms with Crippen molar-refractivity contribution >= 4 is 17.5 Å². The number of fused-ring (bicyclic) bond motifs is 4. The van der Waals surface area contributed by atoms with Gasteiger partial charge in [-0.15, -0.1) is 0 Å². The molecule has 0 spiro atoms. The van der Waals surface area contributed by atoms with E-state index in [-0.39, 0.29) is 17.2 Å². The normalized spacial score (nSPS) is 23.0. The highest BCUT2D eigenvalue weighted by Crippen LogP contribution is 2.31. The lowest BCUT2D eigenvalue weighted by atomic mass is 9.95. The number of benzene rings is 1. The monoisotopic (exact) mass is 371 g/mol. The minimum atomic E-state index is -0.137. The lowest BCUT2D eigenvalue weighted by Crippen LogP contribution is -2.44. The van der Waals surface area contributed by atoms with Gasteiger partial charge in [-0.05, 0) is 49.1 Å². The Bertz CT molecular complexity index is 799. The van der Waals surface area contributed by atoms with Crippen molar-refractivity contribution in [3.05, 3.63) is 58.9 Å². The van der Waals surface area contributed by atoms with Crippen LogP contribution in [0, 0.1) is 5.92 Å². The Kier molecular flexibility index (Phi) is 4.83. The van der Waals surface area contributed by atoms with Gasteiger partial charge in [-0.25, -0.2) is 0 Å². The Labute approximate surface area is 158 Å². The summed E-state index contributed by atoms with van der Waals surface area (Å²) in [4.78, 5) is 21.8. The zero-order valence-electron chi connectivity index (χ0n) is 14.5. The van der Waals surface area contributed by atoms with Gasteiger partial charge in [-0.3, -0.25) is 14.7 Å².